The van der Waals surface area contributed by atoms with E-state index in [9.17, 15) is 9.59 Å². The number of hydrogen-bond donors (Lipinski definition) is 2. The van der Waals surface area contributed by atoms with Crippen LogP contribution in [0.4, 0.5) is 0 Å². The van der Waals surface area contributed by atoms with Crippen molar-refractivity contribution in [3.8, 4) is 0 Å². The summed E-state index contributed by atoms with van der Waals surface area (Å²) < 4.78 is 7.66. The second-order valence-corrected chi connectivity index (χ2v) is 6.87. The van der Waals surface area contributed by atoms with Gasteiger partial charge in [-0.15, -0.1) is 0 Å². The molecule has 1 aromatic heterocycles. The van der Waals surface area contributed by atoms with Gasteiger partial charge in [-0.05, 0) is 31.7 Å². The van der Waals surface area contributed by atoms with Crippen LogP contribution in [-0.2, 0) is 20.9 Å². The van der Waals surface area contributed by atoms with Gasteiger partial charge >= 0.3 is 0 Å². The molecule has 0 bridgehead atoms. The van der Waals surface area contributed by atoms with Crippen molar-refractivity contribution in [3.05, 3.63) is 18.0 Å². The predicted octanol–water partition coefficient (Wildman–Crippen LogP) is -0.323. The van der Waals surface area contributed by atoms with Gasteiger partial charge in [0.1, 0.15) is 6.04 Å². The van der Waals surface area contributed by atoms with E-state index in [2.05, 4.69) is 20.6 Å². The van der Waals surface area contributed by atoms with Gasteiger partial charge in [0, 0.05) is 25.8 Å². The number of carbonyl (C=O) groups is 2. The summed E-state index contributed by atoms with van der Waals surface area (Å²) in [6.07, 6.45) is 6.46. The van der Waals surface area contributed by atoms with Crippen LogP contribution in [0.25, 0.3) is 0 Å². The third kappa shape index (κ3) is 5.27. The lowest BCUT2D eigenvalue weighted by Gasteiger charge is -2.32. The topological polar surface area (TPSA) is 88.5 Å². The van der Waals surface area contributed by atoms with Crippen LogP contribution in [0.5, 0.6) is 0 Å². The number of nitrogens with one attached hydrogen (secondary N) is 2. The van der Waals surface area contributed by atoms with Gasteiger partial charge in [0.25, 0.3) is 0 Å². The molecule has 0 radical (unpaired) electrons. The first-order valence-electron chi connectivity index (χ1n) is 9.00. The molecule has 2 aliphatic rings. The molecule has 25 heavy (non-hydrogen) atoms. The van der Waals surface area contributed by atoms with E-state index < -0.39 is 6.04 Å². The molecule has 0 aromatic carbocycles. The number of hydrogen-bond acceptors (Lipinski definition) is 5. The van der Waals surface area contributed by atoms with Crippen LogP contribution < -0.4 is 10.6 Å². The Kier molecular flexibility index (Phi) is 6.04. The van der Waals surface area contributed by atoms with E-state index in [1.54, 1.807) is 0 Å². The average molecular weight is 349 g/mol. The van der Waals surface area contributed by atoms with E-state index in [1.807, 2.05) is 24.0 Å². The van der Waals surface area contributed by atoms with Crippen LogP contribution in [0.3, 0.4) is 0 Å². The van der Waals surface area contributed by atoms with E-state index in [4.69, 9.17) is 4.74 Å². The summed E-state index contributed by atoms with van der Waals surface area (Å²) in [5.41, 5.74) is 1.12. The normalized spacial score (nSPS) is 25.2. The van der Waals surface area contributed by atoms with E-state index >= 15 is 0 Å². The van der Waals surface area contributed by atoms with Crippen molar-refractivity contribution in [1.29, 1.82) is 0 Å². The fourth-order valence-electron chi connectivity index (χ4n) is 3.33. The van der Waals surface area contributed by atoms with Crippen molar-refractivity contribution in [3.63, 3.8) is 0 Å². The Bertz CT molecular complexity index is 603. The summed E-state index contributed by atoms with van der Waals surface area (Å²) in [4.78, 5) is 26.3. The summed E-state index contributed by atoms with van der Waals surface area (Å²) in [5.74, 6) is -0.169. The first kappa shape index (κ1) is 17.9. The molecule has 1 aromatic rings. The molecule has 0 spiro atoms. The number of carbonyl (C=O) groups excluding carboxylic acids is 2. The van der Waals surface area contributed by atoms with Crippen molar-refractivity contribution in [2.24, 2.45) is 0 Å². The molecule has 8 nitrogen and oxygen atoms in total. The molecule has 2 fully saturated rings. The van der Waals surface area contributed by atoms with Gasteiger partial charge in [0.15, 0.2) is 0 Å². The van der Waals surface area contributed by atoms with Crippen molar-refractivity contribution < 1.29 is 14.3 Å². The van der Waals surface area contributed by atoms with Gasteiger partial charge < -0.3 is 15.4 Å². The van der Waals surface area contributed by atoms with Gasteiger partial charge in [-0.25, -0.2) is 0 Å². The van der Waals surface area contributed by atoms with Crippen molar-refractivity contribution in [1.82, 2.24) is 25.3 Å². The minimum Gasteiger partial charge on any atom is -0.374 e. The Balaban J connectivity index is 1.46. The molecular weight excluding hydrogens is 322 g/mol. The molecule has 138 valence electrons. The largest absolute Gasteiger partial charge is 0.374 e. The Morgan fingerprint density at radius 3 is 3.16 bits per heavy atom. The quantitative estimate of drug-likeness (QED) is 0.760. The van der Waals surface area contributed by atoms with E-state index in [1.165, 1.54) is 0 Å². The standard InChI is InChI=1S/C17H27N5O3/c1-13-8-19-22(9-13)11-14-10-21(6-7-25-14)12-16(23)20-15-4-2-3-5-18-17(15)24/h8-9,14-15H,2-7,10-12H2,1H3,(H,18,24)(H,20,23)/t14-,15+/m0/s1. The predicted molar refractivity (Wildman–Crippen MR) is 91.9 cm³/mol. The van der Waals surface area contributed by atoms with Gasteiger partial charge in [0.05, 0.1) is 32.0 Å². The Labute approximate surface area is 147 Å². The molecule has 0 aliphatic carbocycles. The number of amides is 2. The summed E-state index contributed by atoms with van der Waals surface area (Å²) in [6, 6.07) is -0.404. The van der Waals surface area contributed by atoms with Gasteiger partial charge in [-0.1, -0.05) is 0 Å². The van der Waals surface area contributed by atoms with Crippen LogP contribution >= 0.6 is 0 Å². The summed E-state index contributed by atoms with van der Waals surface area (Å²) >= 11 is 0. The molecule has 2 aliphatic heterocycles. The summed E-state index contributed by atoms with van der Waals surface area (Å²) in [6.45, 7) is 5.68. The maximum Gasteiger partial charge on any atom is 0.242 e. The van der Waals surface area contributed by atoms with E-state index in [0.717, 1.165) is 24.9 Å². The second-order valence-electron chi connectivity index (χ2n) is 6.87. The fraction of sp³-hybridized carbons (Fsp3) is 0.706. The zero-order valence-electron chi connectivity index (χ0n) is 14.7. The maximum absolute atomic E-state index is 12.3. The lowest BCUT2D eigenvalue weighted by atomic mass is 10.1. The highest BCUT2D eigenvalue weighted by Gasteiger charge is 2.26. The van der Waals surface area contributed by atoms with Gasteiger partial charge in [0.2, 0.25) is 11.8 Å². The molecule has 0 saturated carbocycles. The first-order chi connectivity index (χ1) is 12.1. The molecule has 2 saturated heterocycles. The minimum atomic E-state index is -0.404. The van der Waals surface area contributed by atoms with Gasteiger partial charge in [-0.2, -0.15) is 5.10 Å². The van der Waals surface area contributed by atoms with Crippen LogP contribution in [0.2, 0.25) is 0 Å². The number of aryl methyl sites for hydroxylation is 1. The molecule has 3 rings (SSSR count). The van der Waals surface area contributed by atoms with Crippen molar-refractivity contribution in [2.75, 3.05) is 32.8 Å². The highest BCUT2D eigenvalue weighted by molar-refractivity contribution is 5.88. The number of aromatic nitrogens is 2. The summed E-state index contributed by atoms with van der Waals surface area (Å²) in [7, 11) is 0. The zero-order valence-corrected chi connectivity index (χ0v) is 14.7. The van der Waals surface area contributed by atoms with Crippen LogP contribution in [0.15, 0.2) is 12.4 Å². The third-order valence-corrected chi connectivity index (χ3v) is 4.61. The highest BCUT2D eigenvalue weighted by atomic mass is 16.5. The number of nitrogens with zero attached hydrogens (tertiary/aromatic N) is 3. The maximum atomic E-state index is 12.3. The molecular formula is C17H27N5O3. The molecule has 2 amide bonds. The fourth-order valence-corrected chi connectivity index (χ4v) is 3.33. The Morgan fingerprint density at radius 1 is 1.48 bits per heavy atom. The second kappa shape index (κ2) is 8.44. The first-order valence-corrected chi connectivity index (χ1v) is 9.00. The highest BCUT2D eigenvalue weighted by Crippen LogP contribution is 2.09. The van der Waals surface area contributed by atoms with Crippen molar-refractivity contribution >= 4 is 11.8 Å². The third-order valence-electron chi connectivity index (χ3n) is 4.61. The Hall–Kier alpha value is -1.93. The number of ether oxygens (including phenoxy) is 1. The number of morpholine rings is 1. The number of rotatable bonds is 5. The summed E-state index contributed by atoms with van der Waals surface area (Å²) in [5, 5.41) is 10.0. The van der Waals surface area contributed by atoms with Crippen LogP contribution in [-0.4, -0.2) is 71.4 Å². The van der Waals surface area contributed by atoms with Gasteiger partial charge in [-0.3, -0.25) is 19.2 Å². The monoisotopic (exact) mass is 349 g/mol. The zero-order chi connectivity index (χ0) is 17.6. The lowest BCUT2D eigenvalue weighted by Crippen LogP contribution is -2.51. The molecule has 2 atom stereocenters. The van der Waals surface area contributed by atoms with Crippen LogP contribution in [0, 0.1) is 6.92 Å². The van der Waals surface area contributed by atoms with Crippen molar-refractivity contribution in [2.45, 2.75) is 44.9 Å². The molecule has 2 N–H and O–H groups in total. The minimum absolute atomic E-state index is 0.0158. The molecule has 3 heterocycles. The van der Waals surface area contributed by atoms with E-state index in [0.29, 0.717) is 39.2 Å². The molecule has 0 unspecified atom stereocenters. The Morgan fingerprint density at radius 2 is 2.36 bits per heavy atom. The lowest BCUT2D eigenvalue weighted by molar-refractivity contribution is -0.130. The van der Waals surface area contributed by atoms with Crippen LogP contribution in [0.1, 0.15) is 24.8 Å². The average Bonchev–Trinajstić information content (AvgIpc) is 2.87. The SMILES string of the molecule is Cc1cnn(C[C@@H]2CN(CC(=O)N[C@@H]3CCCCNC3=O)CCO2)c1. The molecule has 8 heteroatoms. The van der Waals surface area contributed by atoms with E-state index in [-0.39, 0.29) is 17.9 Å². The smallest absolute Gasteiger partial charge is 0.242 e.